The average Bonchev–Trinajstić information content (AvgIpc) is 2.42. The van der Waals surface area contributed by atoms with Crippen LogP contribution in [0.4, 0.5) is 0 Å². The van der Waals surface area contributed by atoms with E-state index in [9.17, 15) is 0 Å². The fraction of sp³-hybridized carbons (Fsp3) is 1.00. The molecule has 0 radical (unpaired) electrons. The third kappa shape index (κ3) is 14.3. The number of nitrogens with zero attached hydrogens (tertiary/aromatic N) is 1. The van der Waals surface area contributed by atoms with E-state index < -0.39 is 0 Å². The predicted octanol–water partition coefficient (Wildman–Crippen LogP) is 3.95. The van der Waals surface area contributed by atoms with Crippen LogP contribution in [0, 0.1) is 0 Å². The zero-order chi connectivity index (χ0) is 15.1. The summed E-state index contributed by atoms with van der Waals surface area (Å²) in [5, 5.41) is 8.84. The molecule has 3 nitrogen and oxygen atoms in total. The Morgan fingerprint density at radius 3 is 1.90 bits per heavy atom. The molecule has 122 valence electrons. The first kappa shape index (κ1) is 19.9. The van der Waals surface area contributed by atoms with Gasteiger partial charge in [-0.1, -0.05) is 58.3 Å². The summed E-state index contributed by atoms with van der Waals surface area (Å²) in [4.78, 5) is 0. The van der Waals surface area contributed by atoms with Crippen LogP contribution >= 0.6 is 0 Å². The van der Waals surface area contributed by atoms with Gasteiger partial charge in [0.05, 0.1) is 27.2 Å². The maximum atomic E-state index is 8.84. The molecule has 0 aliphatic carbocycles. The Morgan fingerprint density at radius 1 is 0.800 bits per heavy atom. The van der Waals surface area contributed by atoms with Gasteiger partial charge in [-0.2, -0.15) is 0 Å². The highest BCUT2D eigenvalue weighted by molar-refractivity contribution is 4.46. The minimum absolute atomic E-state index is 0.278. The Morgan fingerprint density at radius 2 is 1.35 bits per heavy atom. The molecule has 0 atom stereocenters. The molecule has 0 spiro atoms. The first-order valence-electron chi connectivity index (χ1n) is 8.63. The number of unbranched alkanes of at least 4 members (excludes halogenated alkanes) is 8. The van der Waals surface area contributed by atoms with Gasteiger partial charge in [0.15, 0.2) is 6.73 Å². The lowest BCUT2D eigenvalue weighted by Crippen LogP contribution is -2.42. The second-order valence-electron chi connectivity index (χ2n) is 6.60. The molecule has 0 aromatic rings. The van der Waals surface area contributed by atoms with Gasteiger partial charge in [-0.25, -0.2) is 0 Å². The fourth-order valence-corrected chi connectivity index (χ4v) is 2.39. The van der Waals surface area contributed by atoms with Crippen molar-refractivity contribution in [2.24, 2.45) is 0 Å². The van der Waals surface area contributed by atoms with Gasteiger partial charge in [0.1, 0.15) is 0 Å². The molecule has 20 heavy (non-hydrogen) atoms. The number of aliphatic hydroxyl groups excluding tert-OH is 1. The van der Waals surface area contributed by atoms with Crippen LogP contribution in [0.2, 0.25) is 0 Å². The molecule has 0 amide bonds. The van der Waals surface area contributed by atoms with E-state index in [-0.39, 0.29) is 6.61 Å². The maximum absolute atomic E-state index is 8.84. The summed E-state index contributed by atoms with van der Waals surface area (Å²) in [6.45, 7) is 5.17. The Hall–Kier alpha value is -0.120. The van der Waals surface area contributed by atoms with Crippen molar-refractivity contribution in [2.45, 2.75) is 71.1 Å². The highest BCUT2D eigenvalue weighted by atomic mass is 16.5. The van der Waals surface area contributed by atoms with Gasteiger partial charge in [-0.05, 0) is 6.42 Å². The second kappa shape index (κ2) is 13.8. The Balaban J connectivity index is 3.20. The molecular formula is C17H38NO2+. The quantitative estimate of drug-likeness (QED) is 0.281. The van der Waals surface area contributed by atoms with Crippen LogP contribution in [0.3, 0.4) is 0 Å². The van der Waals surface area contributed by atoms with Gasteiger partial charge in [-0.15, -0.1) is 0 Å². The number of quaternary nitrogens is 1. The lowest BCUT2D eigenvalue weighted by Gasteiger charge is -2.28. The van der Waals surface area contributed by atoms with Crippen molar-refractivity contribution in [3.63, 3.8) is 0 Å². The van der Waals surface area contributed by atoms with Crippen LogP contribution in [0.25, 0.3) is 0 Å². The van der Waals surface area contributed by atoms with Crippen molar-refractivity contribution < 1.29 is 14.3 Å². The number of aliphatic hydroxyl groups is 1. The van der Waals surface area contributed by atoms with Crippen molar-refractivity contribution in [1.82, 2.24) is 0 Å². The van der Waals surface area contributed by atoms with Crippen LogP contribution in [0.5, 0.6) is 0 Å². The van der Waals surface area contributed by atoms with Crippen LogP contribution in [-0.2, 0) is 4.74 Å². The molecule has 0 bridgehead atoms. The van der Waals surface area contributed by atoms with Gasteiger partial charge in [0.2, 0.25) is 0 Å². The monoisotopic (exact) mass is 288 g/mol. The highest BCUT2D eigenvalue weighted by Crippen LogP contribution is 2.09. The molecule has 0 aliphatic rings. The van der Waals surface area contributed by atoms with Crippen LogP contribution in [-0.4, -0.2) is 50.2 Å². The summed E-state index contributed by atoms with van der Waals surface area (Å²) >= 11 is 0. The van der Waals surface area contributed by atoms with Crippen molar-refractivity contribution in [3.05, 3.63) is 0 Å². The fourth-order valence-electron chi connectivity index (χ4n) is 2.39. The van der Waals surface area contributed by atoms with E-state index in [4.69, 9.17) is 9.84 Å². The molecule has 0 fully saturated rings. The van der Waals surface area contributed by atoms with E-state index in [1.807, 2.05) is 0 Å². The number of rotatable bonds is 15. The first-order valence-corrected chi connectivity index (χ1v) is 8.63. The highest BCUT2D eigenvalue weighted by Gasteiger charge is 2.13. The average molecular weight is 288 g/mol. The number of hydrogen-bond donors (Lipinski definition) is 1. The van der Waals surface area contributed by atoms with E-state index in [0.29, 0.717) is 0 Å². The third-order valence-corrected chi connectivity index (χ3v) is 3.75. The van der Waals surface area contributed by atoms with Crippen molar-refractivity contribution in [1.29, 1.82) is 0 Å². The van der Waals surface area contributed by atoms with Crippen molar-refractivity contribution in [2.75, 3.05) is 40.6 Å². The summed E-state index contributed by atoms with van der Waals surface area (Å²) in [5.74, 6) is 0. The molecule has 0 aromatic carbocycles. The van der Waals surface area contributed by atoms with Gasteiger partial charge < -0.3 is 14.3 Å². The van der Waals surface area contributed by atoms with Crippen molar-refractivity contribution >= 4 is 0 Å². The van der Waals surface area contributed by atoms with E-state index in [0.717, 1.165) is 30.8 Å². The largest absolute Gasteiger partial charge is 0.396 e. The number of ether oxygens (including phenoxy) is 1. The first-order chi connectivity index (χ1) is 9.62. The van der Waals surface area contributed by atoms with E-state index in [1.165, 1.54) is 57.8 Å². The number of hydrogen-bond acceptors (Lipinski definition) is 2. The molecule has 0 aliphatic heterocycles. The lowest BCUT2D eigenvalue weighted by molar-refractivity contribution is -0.909. The predicted molar refractivity (Wildman–Crippen MR) is 86.7 cm³/mol. The SMILES string of the molecule is CCCCCCCCCCCOC[N+](C)(C)CCCO. The summed E-state index contributed by atoms with van der Waals surface area (Å²) in [7, 11) is 4.32. The van der Waals surface area contributed by atoms with Crippen LogP contribution < -0.4 is 0 Å². The van der Waals surface area contributed by atoms with Gasteiger partial charge >= 0.3 is 0 Å². The standard InChI is InChI=1S/C17H38NO2/c1-4-5-6-7-8-9-10-11-12-16-20-17-18(2,3)14-13-15-19/h19H,4-17H2,1-3H3/q+1. The molecule has 0 saturated carbocycles. The Kier molecular flexibility index (Phi) is 13.8. The molecule has 0 heterocycles. The molecule has 0 rings (SSSR count). The van der Waals surface area contributed by atoms with Crippen molar-refractivity contribution in [3.8, 4) is 0 Å². The Bertz CT molecular complexity index is 195. The van der Waals surface area contributed by atoms with Crippen LogP contribution in [0.1, 0.15) is 71.1 Å². The molecule has 0 unspecified atom stereocenters. The summed E-state index contributed by atoms with van der Waals surface area (Å²) in [5.41, 5.74) is 0. The minimum Gasteiger partial charge on any atom is -0.396 e. The smallest absolute Gasteiger partial charge is 0.182 e. The maximum Gasteiger partial charge on any atom is 0.182 e. The van der Waals surface area contributed by atoms with E-state index >= 15 is 0 Å². The summed E-state index contributed by atoms with van der Waals surface area (Å²) < 4.78 is 6.59. The van der Waals surface area contributed by atoms with E-state index in [1.54, 1.807) is 0 Å². The second-order valence-corrected chi connectivity index (χ2v) is 6.60. The summed E-state index contributed by atoms with van der Waals surface area (Å²) in [6, 6.07) is 0. The summed E-state index contributed by atoms with van der Waals surface area (Å²) in [6.07, 6.45) is 13.1. The van der Waals surface area contributed by atoms with Gasteiger partial charge in [-0.3, -0.25) is 0 Å². The molecule has 0 saturated heterocycles. The van der Waals surface area contributed by atoms with E-state index in [2.05, 4.69) is 21.0 Å². The van der Waals surface area contributed by atoms with Crippen LogP contribution in [0.15, 0.2) is 0 Å². The zero-order valence-electron chi connectivity index (χ0n) is 14.2. The lowest BCUT2D eigenvalue weighted by atomic mass is 10.1. The normalized spacial score (nSPS) is 12.0. The molecule has 0 aromatic heterocycles. The molecule has 3 heteroatoms. The van der Waals surface area contributed by atoms with Gasteiger partial charge in [0.25, 0.3) is 0 Å². The molecule has 1 N–H and O–H groups in total. The topological polar surface area (TPSA) is 29.5 Å². The minimum atomic E-state index is 0.278. The Labute approximate surface area is 126 Å². The molecular weight excluding hydrogens is 250 g/mol. The third-order valence-electron chi connectivity index (χ3n) is 3.75. The van der Waals surface area contributed by atoms with Gasteiger partial charge in [0, 0.05) is 13.0 Å². The zero-order valence-corrected chi connectivity index (χ0v) is 14.2.